The van der Waals surface area contributed by atoms with Crippen molar-refractivity contribution in [2.75, 3.05) is 6.54 Å². The molecule has 0 fully saturated rings. The second-order valence-electron chi connectivity index (χ2n) is 6.16. The van der Waals surface area contributed by atoms with E-state index in [1.165, 1.54) is 16.7 Å². The van der Waals surface area contributed by atoms with Gasteiger partial charge in [-0.1, -0.05) is 23.8 Å². The van der Waals surface area contributed by atoms with Crippen molar-refractivity contribution in [3.05, 3.63) is 65.0 Å². The maximum absolute atomic E-state index is 11.9. The van der Waals surface area contributed by atoms with Gasteiger partial charge in [0.1, 0.15) is 0 Å². The zero-order valence-corrected chi connectivity index (χ0v) is 14.8. The average Bonchev–Trinajstić information content (AvgIpc) is 2.60. The zero-order valence-electron chi connectivity index (χ0n) is 14.8. The minimum absolute atomic E-state index is 0.0260. The van der Waals surface area contributed by atoms with E-state index in [0.29, 0.717) is 25.9 Å². The molecular weight excluding hydrogens is 314 g/mol. The topological polar surface area (TPSA) is 71.1 Å². The first-order valence-corrected chi connectivity index (χ1v) is 8.53. The molecule has 1 aromatic carbocycles. The molecule has 0 atom stereocenters. The van der Waals surface area contributed by atoms with E-state index in [2.05, 4.69) is 47.7 Å². The number of rotatable bonds is 8. The standard InChI is InChI=1S/C20H25N3O2/c1-15-3-4-18(16(2)13-15)5-6-19(24)22-12-9-20(25)23-14-17-7-10-21-11-8-17/h3-4,7-8,10-11,13H,5-6,9,12,14H2,1-2H3,(H,22,24)(H,23,25). The summed E-state index contributed by atoms with van der Waals surface area (Å²) in [6.07, 6.45) is 4.81. The minimum atomic E-state index is -0.0773. The molecule has 25 heavy (non-hydrogen) atoms. The van der Waals surface area contributed by atoms with Crippen molar-refractivity contribution in [1.82, 2.24) is 15.6 Å². The Hall–Kier alpha value is -2.69. The minimum Gasteiger partial charge on any atom is -0.356 e. The van der Waals surface area contributed by atoms with E-state index in [-0.39, 0.29) is 18.2 Å². The van der Waals surface area contributed by atoms with Crippen LogP contribution in [0, 0.1) is 13.8 Å². The number of hydrogen-bond donors (Lipinski definition) is 2. The third kappa shape index (κ3) is 6.75. The van der Waals surface area contributed by atoms with Crippen LogP contribution < -0.4 is 10.6 Å². The van der Waals surface area contributed by atoms with Crippen LogP contribution in [-0.4, -0.2) is 23.3 Å². The second kappa shape index (κ2) is 9.57. The first-order valence-electron chi connectivity index (χ1n) is 8.53. The number of amides is 2. The first kappa shape index (κ1) is 18.6. The molecule has 1 aromatic heterocycles. The molecule has 2 rings (SSSR count). The van der Waals surface area contributed by atoms with E-state index in [9.17, 15) is 9.59 Å². The zero-order chi connectivity index (χ0) is 18.1. The number of nitrogens with one attached hydrogen (secondary N) is 2. The quantitative estimate of drug-likeness (QED) is 0.776. The van der Waals surface area contributed by atoms with Gasteiger partial charge in [-0.2, -0.15) is 0 Å². The van der Waals surface area contributed by atoms with Gasteiger partial charge in [-0.15, -0.1) is 0 Å². The van der Waals surface area contributed by atoms with Crippen LogP contribution in [0.3, 0.4) is 0 Å². The van der Waals surface area contributed by atoms with E-state index >= 15 is 0 Å². The number of aromatic nitrogens is 1. The molecule has 132 valence electrons. The summed E-state index contributed by atoms with van der Waals surface area (Å²) in [6.45, 7) is 4.95. The normalized spacial score (nSPS) is 10.3. The van der Waals surface area contributed by atoms with E-state index in [1.807, 2.05) is 12.1 Å². The molecule has 1 heterocycles. The highest BCUT2D eigenvalue weighted by atomic mass is 16.2. The summed E-state index contributed by atoms with van der Waals surface area (Å²) in [6, 6.07) is 9.97. The molecule has 2 amide bonds. The number of carbonyl (C=O) groups is 2. The van der Waals surface area contributed by atoms with Crippen molar-refractivity contribution >= 4 is 11.8 Å². The van der Waals surface area contributed by atoms with E-state index in [4.69, 9.17) is 0 Å². The van der Waals surface area contributed by atoms with Crippen LogP contribution in [0.25, 0.3) is 0 Å². The fourth-order valence-electron chi connectivity index (χ4n) is 2.57. The van der Waals surface area contributed by atoms with Crippen LogP contribution in [0.2, 0.25) is 0 Å². The lowest BCUT2D eigenvalue weighted by Gasteiger charge is -2.08. The Kier molecular flexibility index (Phi) is 7.14. The highest BCUT2D eigenvalue weighted by Crippen LogP contribution is 2.12. The van der Waals surface area contributed by atoms with E-state index in [1.54, 1.807) is 12.4 Å². The Morgan fingerprint density at radius 2 is 1.68 bits per heavy atom. The van der Waals surface area contributed by atoms with Crippen molar-refractivity contribution in [3.63, 3.8) is 0 Å². The van der Waals surface area contributed by atoms with Gasteiger partial charge in [-0.25, -0.2) is 0 Å². The fourth-order valence-corrected chi connectivity index (χ4v) is 2.57. The number of pyridine rings is 1. The van der Waals surface area contributed by atoms with Gasteiger partial charge in [-0.05, 0) is 49.1 Å². The molecule has 0 spiro atoms. The highest BCUT2D eigenvalue weighted by molar-refractivity contribution is 5.79. The third-order valence-electron chi connectivity index (χ3n) is 4.03. The summed E-state index contributed by atoms with van der Waals surface area (Å²) in [5.41, 5.74) is 4.63. The van der Waals surface area contributed by atoms with Crippen LogP contribution in [0.4, 0.5) is 0 Å². The van der Waals surface area contributed by atoms with Crippen molar-refractivity contribution in [3.8, 4) is 0 Å². The largest absolute Gasteiger partial charge is 0.356 e. The van der Waals surface area contributed by atoms with Gasteiger partial charge in [0.05, 0.1) is 0 Å². The van der Waals surface area contributed by atoms with E-state index < -0.39 is 0 Å². The van der Waals surface area contributed by atoms with Gasteiger partial charge in [-0.3, -0.25) is 14.6 Å². The third-order valence-corrected chi connectivity index (χ3v) is 4.03. The summed E-state index contributed by atoms with van der Waals surface area (Å²) in [7, 11) is 0. The maximum Gasteiger partial charge on any atom is 0.222 e. The molecule has 0 aliphatic rings. The van der Waals surface area contributed by atoms with Gasteiger partial charge in [0.2, 0.25) is 11.8 Å². The summed E-state index contributed by atoms with van der Waals surface area (Å²) < 4.78 is 0. The van der Waals surface area contributed by atoms with Crippen LogP contribution in [0.1, 0.15) is 35.1 Å². The number of hydrogen-bond acceptors (Lipinski definition) is 3. The Morgan fingerprint density at radius 3 is 2.40 bits per heavy atom. The molecule has 5 nitrogen and oxygen atoms in total. The van der Waals surface area contributed by atoms with Gasteiger partial charge in [0.25, 0.3) is 0 Å². The lowest BCUT2D eigenvalue weighted by atomic mass is 10.0. The van der Waals surface area contributed by atoms with Crippen LogP contribution in [-0.2, 0) is 22.6 Å². The monoisotopic (exact) mass is 339 g/mol. The highest BCUT2D eigenvalue weighted by Gasteiger charge is 2.06. The average molecular weight is 339 g/mol. The number of aryl methyl sites for hydroxylation is 3. The molecule has 0 saturated carbocycles. The predicted molar refractivity (Wildman–Crippen MR) is 97.9 cm³/mol. The molecule has 0 aliphatic carbocycles. The van der Waals surface area contributed by atoms with Crippen molar-refractivity contribution in [2.24, 2.45) is 0 Å². The summed E-state index contributed by atoms with van der Waals surface area (Å²) >= 11 is 0. The molecule has 5 heteroatoms. The number of benzene rings is 1. The van der Waals surface area contributed by atoms with Gasteiger partial charge in [0.15, 0.2) is 0 Å². The van der Waals surface area contributed by atoms with Crippen molar-refractivity contribution < 1.29 is 9.59 Å². The Bertz CT molecular complexity index is 714. The number of carbonyl (C=O) groups excluding carboxylic acids is 2. The summed E-state index contributed by atoms with van der Waals surface area (Å²) in [4.78, 5) is 27.6. The summed E-state index contributed by atoms with van der Waals surface area (Å²) in [5.74, 6) is -0.103. The molecular formula is C20H25N3O2. The Labute approximate surface area is 148 Å². The smallest absolute Gasteiger partial charge is 0.222 e. The Morgan fingerprint density at radius 1 is 0.960 bits per heavy atom. The van der Waals surface area contributed by atoms with Crippen LogP contribution >= 0.6 is 0 Å². The van der Waals surface area contributed by atoms with Crippen LogP contribution in [0.5, 0.6) is 0 Å². The number of nitrogens with zero attached hydrogens (tertiary/aromatic N) is 1. The molecule has 0 bridgehead atoms. The molecule has 0 radical (unpaired) electrons. The van der Waals surface area contributed by atoms with Crippen molar-refractivity contribution in [2.45, 2.75) is 39.7 Å². The molecule has 0 saturated heterocycles. The van der Waals surface area contributed by atoms with Gasteiger partial charge < -0.3 is 10.6 Å². The second-order valence-corrected chi connectivity index (χ2v) is 6.16. The molecule has 0 unspecified atom stereocenters. The molecule has 2 N–H and O–H groups in total. The lowest BCUT2D eigenvalue weighted by molar-refractivity contribution is -0.122. The molecule has 2 aromatic rings. The maximum atomic E-state index is 11.9. The van der Waals surface area contributed by atoms with Crippen molar-refractivity contribution in [1.29, 1.82) is 0 Å². The molecule has 0 aliphatic heterocycles. The van der Waals surface area contributed by atoms with Gasteiger partial charge in [0, 0.05) is 38.3 Å². The SMILES string of the molecule is Cc1ccc(CCC(=O)NCCC(=O)NCc2ccncc2)c(C)c1. The van der Waals surface area contributed by atoms with Gasteiger partial charge >= 0.3 is 0 Å². The lowest BCUT2D eigenvalue weighted by Crippen LogP contribution is -2.30. The predicted octanol–water partition coefficient (Wildman–Crippen LogP) is 2.45. The Balaban J connectivity index is 1.62. The fraction of sp³-hybridized carbons (Fsp3) is 0.350. The van der Waals surface area contributed by atoms with E-state index in [0.717, 1.165) is 5.56 Å². The summed E-state index contributed by atoms with van der Waals surface area (Å²) in [5, 5.41) is 5.63. The van der Waals surface area contributed by atoms with Crippen LogP contribution in [0.15, 0.2) is 42.7 Å². The first-order chi connectivity index (χ1) is 12.0.